The molecular formula is C14H20Cl2FN4O4P. The Morgan fingerprint density at radius 3 is 2.54 bits per heavy atom. The van der Waals surface area contributed by atoms with E-state index in [1.54, 1.807) is 0 Å². The summed E-state index contributed by atoms with van der Waals surface area (Å²) in [6.07, 6.45) is -0.726. The zero-order valence-electron chi connectivity index (χ0n) is 13.8. The van der Waals surface area contributed by atoms with Crippen LogP contribution in [0.25, 0.3) is 0 Å². The third kappa shape index (κ3) is 5.53. The van der Waals surface area contributed by atoms with Gasteiger partial charge in [0.15, 0.2) is 0 Å². The van der Waals surface area contributed by atoms with Gasteiger partial charge in [0.05, 0.1) is 6.61 Å². The summed E-state index contributed by atoms with van der Waals surface area (Å²) in [5, 5.41) is 15.7. The summed E-state index contributed by atoms with van der Waals surface area (Å²) < 4.78 is 32.7. The number of hydrogen-bond acceptors (Lipinski definition) is 4. The molecule has 1 aromatic rings. The fourth-order valence-electron chi connectivity index (χ4n) is 2.34. The number of benzene rings is 1. The zero-order valence-corrected chi connectivity index (χ0v) is 16.2. The Morgan fingerprint density at radius 1 is 1.35 bits per heavy atom. The lowest BCUT2D eigenvalue weighted by molar-refractivity contribution is -0.0876. The zero-order chi connectivity index (χ0) is 19.2. The highest BCUT2D eigenvalue weighted by Gasteiger charge is 2.40. The Bertz CT molecular complexity index is 648. The summed E-state index contributed by atoms with van der Waals surface area (Å²) in [5.74, 6) is -0.0239. The maximum absolute atomic E-state index is 13.0. The van der Waals surface area contributed by atoms with Crippen LogP contribution in [0.2, 0.25) is 0 Å². The number of carbonyl (C=O) groups is 1. The number of hydrogen-bond donors (Lipinski definition) is 3. The number of alkyl halides is 2. The van der Waals surface area contributed by atoms with Gasteiger partial charge in [0.1, 0.15) is 12.0 Å². The van der Waals surface area contributed by atoms with Crippen LogP contribution in [-0.4, -0.2) is 58.6 Å². The molecule has 0 aromatic heterocycles. The van der Waals surface area contributed by atoms with Crippen molar-refractivity contribution in [2.45, 2.75) is 12.6 Å². The van der Waals surface area contributed by atoms with E-state index in [2.05, 4.69) is 10.4 Å². The van der Waals surface area contributed by atoms with Gasteiger partial charge < -0.3 is 9.84 Å². The first-order chi connectivity index (χ1) is 12.4. The summed E-state index contributed by atoms with van der Waals surface area (Å²) in [5.41, 5.74) is 0.302. The lowest BCUT2D eigenvalue weighted by atomic mass is 10.3. The molecule has 1 aliphatic rings. The van der Waals surface area contributed by atoms with Crippen molar-refractivity contribution < 1.29 is 23.5 Å². The normalized spacial score (nSPS) is 23.0. The van der Waals surface area contributed by atoms with E-state index < -0.39 is 25.7 Å². The van der Waals surface area contributed by atoms with Crippen molar-refractivity contribution in [1.29, 1.82) is 0 Å². The lowest BCUT2D eigenvalue weighted by Crippen LogP contribution is -2.52. The molecule has 2 rings (SSSR count). The van der Waals surface area contributed by atoms with E-state index in [-0.39, 0.29) is 37.9 Å². The smallest absolute Gasteiger partial charge is 0.306 e. The van der Waals surface area contributed by atoms with E-state index in [0.717, 1.165) is 0 Å². The molecule has 1 heterocycles. The van der Waals surface area contributed by atoms with Gasteiger partial charge in [-0.3, -0.25) is 9.77 Å². The molecule has 12 heteroatoms. The molecule has 0 aliphatic carbocycles. The SMILES string of the molecule is O=C(Nc1ccc(F)cc1)N(O)C1CCOP(=O)(N(CCCl)CCCl)N1. The van der Waals surface area contributed by atoms with Crippen molar-refractivity contribution in [3.05, 3.63) is 30.1 Å². The maximum Gasteiger partial charge on any atom is 0.347 e. The third-order valence-corrected chi connectivity index (χ3v) is 6.27. The van der Waals surface area contributed by atoms with Crippen molar-refractivity contribution in [1.82, 2.24) is 14.8 Å². The van der Waals surface area contributed by atoms with Crippen molar-refractivity contribution in [2.24, 2.45) is 0 Å². The number of urea groups is 1. The molecule has 1 fully saturated rings. The van der Waals surface area contributed by atoms with Gasteiger partial charge in [-0.15, -0.1) is 23.2 Å². The summed E-state index contributed by atoms with van der Waals surface area (Å²) in [4.78, 5) is 12.2. The van der Waals surface area contributed by atoms with Gasteiger partial charge in [-0.1, -0.05) is 0 Å². The van der Waals surface area contributed by atoms with Gasteiger partial charge in [-0.25, -0.2) is 18.9 Å². The molecule has 3 N–H and O–H groups in total. The molecule has 0 spiro atoms. The van der Waals surface area contributed by atoms with Gasteiger partial charge in [0.2, 0.25) is 0 Å². The lowest BCUT2D eigenvalue weighted by Gasteiger charge is -2.39. The number of nitrogens with one attached hydrogen (secondary N) is 2. The highest BCUT2D eigenvalue weighted by atomic mass is 35.5. The minimum Gasteiger partial charge on any atom is -0.306 e. The summed E-state index contributed by atoms with van der Waals surface area (Å²) in [7, 11) is -3.51. The molecule has 2 atom stereocenters. The molecule has 26 heavy (non-hydrogen) atoms. The predicted molar refractivity (Wildman–Crippen MR) is 97.2 cm³/mol. The van der Waals surface area contributed by atoms with Crippen molar-refractivity contribution in [3.63, 3.8) is 0 Å². The maximum atomic E-state index is 13.0. The van der Waals surface area contributed by atoms with Gasteiger partial charge >= 0.3 is 13.7 Å². The van der Waals surface area contributed by atoms with E-state index in [4.69, 9.17) is 27.7 Å². The Labute approximate surface area is 160 Å². The largest absolute Gasteiger partial charge is 0.347 e. The first kappa shape index (κ1) is 21.4. The minimum atomic E-state index is -3.51. The topological polar surface area (TPSA) is 94.1 Å². The minimum absolute atomic E-state index is 0.0664. The highest BCUT2D eigenvalue weighted by Crippen LogP contribution is 2.49. The monoisotopic (exact) mass is 428 g/mol. The van der Waals surface area contributed by atoms with Crippen molar-refractivity contribution >= 4 is 42.6 Å². The molecule has 0 saturated carbocycles. The van der Waals surface area contributed by atoms with Gasteiger partial charge in [-0.05, 0) is 24.3 Å². The number of nitrogens with zero attached hydrogens (tertiary/aromatic N) is 2. The molecule has 8 nitrogen and oxygen atoms in total. The van der Waals surface area contributed by atoms with Crippen LogP contribution in [0.15, 0.2) is 24.3 Å². The van der Waals surface area contributed by atoms with Crippen LogP contribution in [0.5, 0.6) is 0 Å². The van der Waals surface area contributed by atoms with Gasteiger partial charge in [-0.2, -0.15) is 5.06 Å². The van der Waals surface area contributed by atoms with Crippen LogP contribution in [0.4, 0.5) is 14.9 Å². The molecule has 0 bridgehead atoms. The predicted octanol–water partition coefficient (Wildman–Crippen LogP) is 3.27. The quantitative estimate of drug-likeness (QED) is 0.267. The second kappa shape index (κ2) is 9.85. The number of hydroxylamine groups is 2. The number of halogens is 3. The highest BCUT2D eigenvalue weighted by molar-refractivity contribution is 7.54. The van der Waals surface area contributed by atoms with E-state index in [1.165, 1.54) is 28.9 Å². The molecule has 2 unspecified atom stereocenters. The van der Waals surface area contributed by atoms with E-state index in [9.17, 15) is 19.0 Å². The third-order valence-electron chi connectivity index (χ3n) is 3.63. The number of rotatable bonds is 7. The first-order valence-corrected chi connectivity index (χ1v) is 10.5. The average molecular weight is 429 g/mol. The second-order valence-electron chi connectivity index (χ2n) is 5.40. The van der Waals surface area contributed by atoms with E-state index in [0.29, 0.717) is 10.8 Å². The number of carbonyl (C=O) groups excluding carboxylic acids is 1. The Hall–Kier alpha value is -0.930. The molecule has 146 valence electrons. The number of anilines is 1. The molecule has 1 saturated heterocycles. The first-order valence-electron chi connectivity index (χ1n) is 7.84. The van der Waals surface area contributed by atoms with Gasteiger partial charge in [0, 0.05) is 37.0 Å². The van der Waals surface area contributed by atoms with Crippen molar-refractivity contribution in [2.75, 3.05) is 36.8 Å². The molecular weight excluding hydrogens is 409 g/mol. The summed E-state index contributed by atoms with van der Waals surface area (Å²) >= 11 is 11.4. The van der Waals surface area contributed by atoms with Crippen molar-refractivity contribution in [3.8, 4) is 0 Å². The molecule has 0 radical (unpaired) electrons. The second-order valence-corrected chi connectivity index (χ2v) is 8.28. The standard InChI is InChI=1S/C14H20Cl2FN4O4P/c15-6-8-20(9-7-16)26(24)19-13(5-10-25-26)21(23)14(22)18-12-3-1-11(17)2-4-12/h1-4,13,23H,5-10H2,(H,18,22)(H,19,24). The molecule has 2 amide bonds. The van der Waals surface area contributed by atoms with Crippen LogP contribution in [0, 0.1) is 5.82 Å². The average Bonchev–Trinajstić information content (AvgIpc) is 2.63. The Morgan fingerprint density at radius 2 is 1.96 bits per heavy atom. The van der Waals surface area contributed by atoms with Crippen LogP contribution in [0.1, 0.15) is 6.42 Å². The summed E-state index contributed by atoms with van der Waals surface area (Å²) in [6.45, 7) is 0.591. The van der Waals surface area contributed by atoms with Gasteiger partial charge in [0.25, 0.3) is 0 Å². The fraction of sp³-hybridized carbons (Fsp3) is 0.500. The Kier molecular flexibility index (Phi) is 8.09. The van der Waals surface area contributed by atoms with Crippen LogP contribution in [0.3, 0.4) is 0 Å². The summed E-state index contributed by atoms with van der Waals surface area (Å²) in [6, 6.07) is 4.20. The van der Waals surface area contributed by atoms with E-state index >= 15 is 0 Å². The van der Waals surface area contributed by atoms with E-state index in [1.807, 2.05) is 0 Å². The molecule has 1 aliphatic heterocycles. The van der Waals surface area contributed by atoms with Crippen LogP contribution < -0.4 is 10.4 Å². The fourth-order valence-corrected chi connectivity index (χ4v) is 5.08. The molecule has 1 aromatic carbocycles. The van der Waals surface area contributed by atoms with Crippen LogP contribution in [-0.2, 0) is 9.09 Å². The van der Waals surface area contributed by atoms with Crippen LogP contribution >= 0.6 is 30.9 Å². The Balaban J connectivity index is 2.03. The number of amides is 2.